The van der Waals surface area contributed by atoms with E-state index in [1.807, 2.05) is 0 Å². The normalized spacial score (nSPS) is 21.2. The number of aliphatic carboxylic acids is 1. The number of guanidine groups is 1. The predicted molar refractivity (Wildman–Crippen MR) is 181 cm³/mol. The van der Waals surface area contributed by atoms with Crippen molar-refractivity contribution in [2.24, 2.45) is 16.5 Å². The van der Waals surface area contributed by atoms with Crippen molar-refractivity contribution in [3.05, 3.63) is 54.1 Å². The van der Waals surface area contributed by atoms with Crippen molar-refractivity contribution in [2.45, 2.75) is 60.0 Å². The Balaban J connectivity index is 1.70. The zero-order valence-corrected chi connectivity index (χ0v) is 27.9. The Kier molecular flexibility index (Phi) is 12.7. The van der Waals surface area contributed by atoms with Gasteiger partial charge in [0.15, 0.2) is 5.96 Å². The molecule has 1 fully saturated rings. The van der Waals surface area contributed by atoms with Crippen LogP contribution in [0.15, 0.2) is 63.3 Å². The maximum atomic E-state index is 14.0. The molecule has 0 bridgehead atoms. The Morgan fingerprint density at radius 1 is 1.00 bits per heavy atom. The van der Waals surface area contributed by atoms with E-state index in [9.17, 15) is 33.9 Å². The number of hydrogen-bond acceptors (Lipinski definition) is 9. The standard InChI is InChI=1S/C31H38N8O7S2/c1-38-21(10-6-14-34-31(32)33)28(44)35-17-25(40)36-20(16-26(41)42)27(43)37-19-9-3-5-13-24(19)48-47-23-12-4-2-8-18(23)29(45)39-15-7-11-22(39)30(38)46/h2-5,8-9,12-13,20-22H,6-7,10-11,14-17H2,1H3,(H,35,44)(H,36,40)(H,37,43)(H,41,42)(H4,32,33,34)/t20-,21-,22-/m0/s1. The lowest BCUT2D eigenvalue weighted by molar-refractivity contribution is -0.142. The highest BCUT2D eigenvalue weighted by molar-refractivity contribution is 8.76. The summed E-state index contributed by atoms with van der Waals surface area (Å²) in [6, 6.07) is 10.5. The zero-order chi connectivity index (χ0) is 34.8. The van der Waals surface area contributed by atoms with Crippen LogP contribution in [-0.2, 0) is 24.0 Å². The molecule has 15 nitrogen and oxygen atoms in total. The number of nitrogens with two attached hydrogens (primary N) is 2. The van der Waals surface area contributed by atoms with Gasteiger partial charge in [0.25, 0.3) is 5.91 Å². The maximum absolute atomic E-state index is 14.0. The zero-order valence-electron chi connectivity index (χ0n) is 26.2. The van der Waals surface area contributed by atoms with Crippen LogP contribution in [0.5, 0.6) is 0 Å². The van der Waals surface area contributed by atoms with E-state index >= 15 is 0 Å². The topological polar surface area (TPSA) is 230 Å². The van der Waals surface area contributed by atoms with E-state index < -0.39 is 60.7 Å². The van der Waals surface area contributed by atoms with Crippen LogP contribution in [-0.4, -0.2) is 101 Å². The number of fused-ring (bicyclic) bond motifs is 3. The van der Waals surface area contributed by atoms with Crippen molar-refractivity contribution < 1.29 is 33.9 Å². The van der Waals surface area contributed by atoms with Crippen LogP contribution in [0.1, 0.15) is 42.5 Å². The Bertz CT molecular complexity index is 1590. The lowest BCUT2D eigenvalue weighted by atomic mass is 10.1. The number of nitrogens with one attached hydrogen (secondary N) is 3. The van der Waals surface area contributed by atoms with E-state index in [2.05, 4.69) is 20.9 Å². The summed E-state index contributed by atoms with van der Waals surface area (Å²) in [5, 5.41) is 17.0. The fraction of sp³-hybridized carbons (Fsp3) is 0.387. The van der Waals surface area contributed by atoms with Gasteiger partial charge < -0.3 is 42.3 Å². The third-order valence-corrected chi connectivity index (χ3v) is 10.3. The molecule has 1 saturated heterocycles. The first-order valence-electron chi connectivity index (χ1n) is 15.2. The van der Waals surface area contributed by atoms with Gasteiger partial charge in [0, 0.05) is 29.9 Å². The number of likely N-dealkylation sites (N-methyl/N-ethyl adjacent to an activating group) is 1. The van der Waals surface area contributed by atoms with Crippen molar-refractivity contribution in [1.82, 2.24) is 20.4 Å². The molecule has 48 heavy (non-hydrogen) atoms. The van der Waals surface area contributed by atoms with Gasteiger partial charge in [-0.25, -0.2) is 0 Å². The summed E-state index contributed by atoms with van der Waals surface area (Å²) in [7, 11) is 4.02. The fourth-order valence-electron chi connectivity index (χ4n) is 5.39. The summed E-state index contributed by atoms with van der Waals surface area (Å²) in [5.41, 5.74) is 11.6. The van der Waals surface area contributed by atoms with E-state index in [-0.39, 0.29) is 24.8 Å². The van der Waals surface area contributed by atoms with E-state index in [0.717, 1.165) is 0 Å². The van der Waals surface area contributed by atoms with E-state index in [1.54, 1.807) is 48.5 Å². The molecule has 2 aliphatic rings. The molecule has 0 aliphatic carbocycles. The lowest BCUT2D eigenvalue weighted by Gasteiger charge is -2.33. The summed E-state index contributed by atoms with van der Waals surface area (Å²) >= 11 is 0. The Labute approximate surface area is 285 Å². The molecule has 3 atom stereocenters. The summed E-state index contributed by atoms with van der Waals surface area (Å²) in [6.07, 6.45) is 0.729. The summed E-state index contributed by atoms with van der Waals surface area (Å²) in [5.74, 6) is -4.47. The molecule has 17 heteroatoms. The van der Waals surface area contributed by atoms with Gasteiger partial charge >= 0.3 is 5.97 Å². The van der Waals surface area contributed by atoms with Crippen LogP contribution in [0, 0.1) is 0 Å². The predicted octanol–water partition coefficient (Wildman–Crippen LogP) is 0.999. The number of carbonyl (C=O) groups excluding carboxylic acids is 5. The monoisotopic (exact) mass is 698 g/mol. The van der Waals surface area contributed by atoms with Crippen molar-refractivity contribution in [2.75, 3.05) is 32.0 Å². The Morgan fingerprint density at radius 3 is 2.42 bits per heavy atom. The number of nitrogens with zero attached hydrogens (tertiary/aromatic N) is 3. The van der Waals surface area contributed by atoms with Gasteiger partial charge in [-0.05, 0) is 49.9 Å². The molecule has 0 spiro atoms. The minimum absolute atomic E-state index is 0.128. The van der Waals surface area contributed by atoms with Gasteiger partial charge in [0.1, 0.15) is 18.1 Å². The van der Waals surface area contributed by atoms with Crippen LogP contribution in [0.2, 0.25) is 0 Å². The Morgan fingerprint density at radius 2 is 1.69 bits per heavy atom. The highest BCUT2D eigenvalue weighted by Gasteiger charge is 2.39. The average Bonchev–Trinajstić information content (AvgIpc) is 3.55. The molecular formula is C31H38N8O7S2. The molecule has 0 unspecified atom stereocenters. The first kappa shape index (κ1) is 36.1. The van der Waals surface area contributed by atoms with Gasteiger partial charge in [-0.2, -0.15) is 0 Å². The number of amides is 5. The van der Waals surface area contributed by atoms with Crippen molar-refractivity contribution in [1.29, 1.82) is 0 Å². The number of aliphatic imine (C=N–C) groups is 1. The first-order chi connectivity index (χ1) is 23.0. The number of hydrogen-bond donors (Lipinski definition) is 6. The molecule has 2 aliphatic heterocycles. The van der Waals surface area contributed by atoms with Crippen LogP contribution in [0.4, 0.5) is 5.69 Å². The number of rotatable bonds is 6. The smallest absolute Gasteiger partial charge is 0.305 e. The molecular weight excluding hydrogens is 661 g/mol. The number of carboxylic acids is 1. The van der Waals surface area contributed by atoms with Gasteiger partial charge in [-0.1, -0.05) is 45.9 Å². The second-order valence-corrected chi connectivity index (χ2v) is 13.4. The van der Waals surface area contributed by atoms with E-state index in [0.29, 0.717) is 46.8 Å². The largest absolute Gasteiger partial charge is 0.481 e. The molecule has 5 amide bonds. The third kappa shape index (κ3) is 9.41. The van der Waals surface area contributed by atoms with E-state index in [4.69, 9.17) is 11.5 Å². The van der Waals surface area contributed by atoms with Crippen LogP contribution < -0.4 is 27.4 Å². The molecule has 2 heterocycles. The first-order valence-corrected chi connectivity index (χ1v) is 17.4. The van der Waals surface area contributed by atoms with Gasteiger partial charge in [0.05, 0.1) is 24.2 Å². The molecule has 8 N–H and O–H groups in total. The molecule has 2 aromatic carbocycles. The lowest BCUT2D eigenvalue weighted by Crippen LogP contribution is -2.55. The van der Waals surface area contributed by atoms with Gasteiger partial charge in [-0.15, -0.1) is 0 Å². The summed E-state index contributed by atoms with van der Waals surface area (Å²) in [4.78, 5) is 87.1. The molecule has 0 radical (unpaired) electrons. The van der Waals surface area contributed by atoms with Crippen molar-refractivity contribution in [3.63, 3.8) is 0 Å². The van der Waals surface area contributed by atoms with Crippen LogP contribution in [0.3, 0.4) is 0 Å². The van der Waals surface area contributed by atoms with E-state index in [1.165, 1.54) is 38.4 Å². The number of para-hydroxylation sites is 1. The summed E-state index contributed by atoms with van der Waals surface area (Å²) in [6.45, 7) is -0.0596. The number of carbonyl (C=O) groups is 6. The highest BCUT2D eigenvalue weighted by Crippen LogP contribution is 2.42. The second-order valence-electron chi connectivity index (χ2n) is 11.2. The minimum atomic E-state index is -1.46. The van der Waals surface area contributed by atoms with Gasteiger partial charge in [0.2, 0.25) is 23.6 Å². The molecule has 0 aromatic heterocycles. The molecule has 4 rings (SSSR count). The van der Waals surface area contributed by atoms with Crippen LogP contribution >= 0.6 is 21.6 Å². The molecule has 256 valence electrons. The van der Waals surface area contributed by atoms with Crippen LogP contribution in [0.25, 0.3) is 0 Å². The fourth-order valence-corrected chi connectivity index (χ4v) is 7.70. The number of benzene rings is 2. The molecule has 2 aromatic rings. The Hall–Kier alpha value is -4.77. The minimum Gasteiger partial charge on any atom is -0.481 e. The average molecular weight is 699 g/mol. The molecule has 0 saturated carbocycles. The SMILES string of the molecule is CN1C(=O)[C@@H]2CCCN2C(=O)c2ccccc2SSc2ccccc2NC(=O)[C@H](CC(=O)O)NC(=O)CNC(=O)[C@@H]1CCCN=C(N)N. The third-order valence-electron chi connectivity index (χ3n) is 7.78. The van der Waals surface area contributed by atoms with Gasteiger partial charge in [-0.3, -0.25) is 33.8 Å². The van der Waals surface area contributed by atoms with Crippen molar-refractivity contribution >= 4 is 68.7 Å². The number of carboxylic acid groups (broad SMARTS) is 1. The quantitative estimate of drug-likeness (QED) is 0.108. The number of anilines is 1. The maximum Gasteiger partial charge on any atom is 0.305 e. The van der Waals surface area contributed by atoms with Crippen molar-refractivity contribution in [3.8, 4) is 0 Å². The second kappa shape index (κ2) is 16.9. The highest BCUT2D eigenvalue weighted by atomic mass is 33.1. The summed E-state index contributed by atoms with van der Waals surface area (Å²) < 4.78 is 0.